The van der Waals surface area contributed by atoms with Gasteiger partial charge in [-0.1, -0.05) is 126 Å². The average molecular weight is 929 g/mol. The van der Waals surface area contributed by atoms with Crippen molar-refractivity contribution in [2.45, 2.75) is 84.5 Å². The third-order valence-electron chi connectivity index (χ3n) is 10.2. The molecule has 8 rings (SSSR count). The number of nitrogens with zero attached hydrogens (tertiary/aromatic N) is 5. The van der Waals surface area contributed by atoms with Gasteiger partial charge in [-0.2, -0.15) is 24.3 Å². The Morgan fingerprint density at radius 1 is 0.714 bits per heavy atom. The van der Waals surface area contributed by atoms with Crippen molar-refractivity contribution in [3.8, 4) is 5.82 Å². The number of hydrogen-bond donors (Lipinski definition) is 0. The summed E-state index contributed by atoms with van der Waals surface area (Å²) in [6, 6.07) is 27.1. The minimum atomic E-state index is -3.60. The molecule has 1 aliphatic heterocycles. The Morgan fingerprint density at radius 2 is 1.36 bits per heavy atom. The number of halogens is 2. The number of para-hydroxylation sites is 3. The fourth-order valence-corrected chi connectivity index (χ4v) is 7.29. The van der Waals surface area contributed by atoms with Gasteiger partial charge in [-0.3, -0.25) is 4.98 Å². The smallest absolute Gasteiger partial charge is 0.318 e. The van der Waals surface area contributed by atoms with Crippen molar-refractivity contribution in [2.75, 3.05) is 0 Å². The van der Waals surface area contributed by atoms with E-state index >= 15 is 8.78 Å². The van der Waals surface area contributed by atoms with E-state index in [0.29, 0.717) is 16.9 Å². The van der Waals surface area contributed by atoms with E-state index in [1.807, 2.05) is 41.0 Å². The van der Waals surface area contributed by atoms with Crippen LogP contribution in [0.4, 0.5) is 31.5 Å². The molecule has 0 saturated heterocycles. The first-order valence-corrected chi connectivity index (χ1v) is 18.4. The SMILES string of the molecule is [2H]c1c([2H])c([2H])c2c(c1[2H])[N+](c1[c-]c(C(F)(F)c3[c-]c4c(cc3)c3ccncc3n4-c3cc(C(C)(C)C)ccn3)ccc1)=C=[N+]2c1c(C(C)(C)C)cccc1C(C)(C)C.[Pt+2]. The Kier molecular flexibility index (Phi) is 8.44. The predicted octanol–water partition coefficient (Wildman–Crippen LogP) is 12.1. The van der Waals surface area contributed by atoms with Gasteiger partial charge in [0.15, 0.2) is 0 Å². The zero-order chi connectivity index (χ0) is 42.6. The number of rotatable bonds is 5. The molecule has 5 nitrogen and oxygen atoms in total. The van der Waals surface area contributed by atoms with Crippen LogP contribution >= 0.6 is 0 Å². The first-order chi connectivity index (χ1) is 27.6. The standard InChI is InChI=1S/C48H45F2N5.Pt/c1-45(2,3)31-22-25-52-43(28-31)55-41-27-33(20-21-35(41)36-23-24-51-29-42(36)55)48(49,50)32-14-12-15-34(26-32)53-30-54(40-19-11-10-18-39(40)53)44-37(46(4,5)6)16-13-17-38(44)47(7,8)9;/h10-25,28-29H,1-9H3;/q;+2/i10D,11D,18D,19D;. The van der Waals surface area contributed by atoms with Crippen LogP contribution in [-0.4, -0.2) is 20.5 Å². The molecule has 0 aliphatic carbocycles. The van der Waals surface area contributed by atoms with Crippen molar-refractivity contribution in [3.05, 3.63) is 149 Å². The zero-order valence-electron chi connectivity index (χ0n) is 36.9. The second-order valence-electron chi connectivity index (χ2n) is 17.2. The summed E-state index contributed by atoms with van der Waals surface area (Å²) in [7, 11) is 0. The van der Waals surface area contributed by atoms with E-state index in [2.05, 4.69) is 90.4 Å². The topological polar surface area (TPSA) is 36.7 Å². The van der Waals surface area contributed by atoms with Gasteiger partial charge in [0.1, 0.15) is 11.5 Å². The summed E-state index contributed by atoms with van der Waals surface area (Å²) in [5.41, 5.74) is 3.38. The molecule has 0 N–H and O–H groups in total. The number of hydrogen-bond acceptors (Lipinski definition) is 2. The fraction of sp³-hybridized carbons (Fsp3) is 0.271. The van der Waals surface area contributed by atoms with Gasteiger partial charge in [-0.05, 0) is 50.0 Å². The van der Waals surface area contributed by atoms with E-state index in [1.54, 1.807) is 35.3 Å². The Labute approximate surface area is 348 Å². The van der Waals surface area contributed by atoms with Crippen molar-refractivity contribution in [1.29, 1.82) is 0 Å². The molecule has 3 aromatic heterocycles. The zero-order valence-corrected chi connectivity index (χ0v) is 35.2. The summed E-state index contributed by atoms with van der Waals surface area (Å²) in [6.07, 6.45) is 5.10. The van der Waals surface area contributed by atoms with E-state index in [4.69, 9.17) is 5.48 Å². The summed E-state index contributed by atoms with van der Waals surface area (Å²) in [5, 5.41) is 1.55. The van der Waals surface area contributed by atoms with Gasteiger partial charge in [-0.25, -0.2) is 13.8 Å². The molecule has 4 aromatic carbocycles. The van der Waals surface area contributed by atoms with Crippen LogP contribution in [0.1, 0.15) is 95.6 Å². The molecular weight excluding hydrogens is 880 g/mol. The van der Waals surface area contributed by atoms with Gasteiger partial charge in [0.25, 0.3) is 17.3 Å². The molecule has 56 heavy (non-hydrogen) atoms. The Bertz CT molecular complexity index is 2930. The predicted molar refractivity (Wildman–Crippen MR) is 220 cm³/mol. The number of aromatic nitrogens is 3. The van der Waals surface area contributed by atoms with Gasteiger partial charge in [-0.15, -0.1) is 11.5 Å². The average Bonchev–Trinajstić information content (AvgIpc) is 3.75. The van der Waals surface area contributed by atoms with Crippen LogP contribution in [0.25, 0.3) is 27.6 Å². The summed E-state index contributed by atoms with van der Waals surface area (Å²) in [6.45, 7) is 18.8. The van der Waals surface area contributed by atoms with E-state index in [9.17, 15) is 0 Å². The number of pyridine rings is 2. The van der Waals surface area contributed by atoms with Crippen molar-refractivity contribution >= 4 is 50.6 Å². The Balaban J connectivity index is 0.00000544. The molecule has 0 fully saturated rings. The van der Waals surface area contributed by atoms with Crippen LogP contribution < -0.4 is 9.15 Å². The fourth-order valence-electron chi connectivity index (χ4n) is 7.29. The summed E-state index contributed by atoms with van der Waals surface area (Å²) in [4.78, 5) is 9.01. The number of benzene rings is 4. The monoisotopic (exact) mass is 928 g/mol. The van der Waals surface area contributed by atoms with Crippen molar-refractivity contribution in [1.82, 2.24) is 23.7 Å². The van der Waals surface area contributed by atoms with Gasteiger partial charge < -0.3 is 4.57 Å². The molecule has 0 spiro atoms. The Hall–Kier alpha value is -5.09. The third kappa shape index (κ3) is 6.65. The minimum Gasteiger partial charge on any atom is -0.318 e. The first kappa shape index (κ1) is 34.2. The summed E-state index contributed by atoms with van der Waals surface area (Å²) >= 11 is 0. The van der Waals surface area contributed by atoms with E-state index in [1.165, 1.54) is 22.8 Å². The van der Waals surface area contributed by atoms with Crippen molar-refractivity contribution in [3.63, 3.8) is 0 Å². The summed E-state index contributed by atoms with van der Waals surface area (Å²) < 4.78 is 74.6. The molecule has 0 amide bonds. The van der Waals surface area contributed by atoms with Crippen LogP contribution in [0.5, 0.6) is 0 Å². The number of alkyl halides is 2. The van der Waals surface area contributed by atoms with Gasteiger partial charge in [0.05, 0.1) is 17.2 Å². The van der Waals surface area contributed by atoms with Gasteiger partial charge >= 0.3 is 27.1 Å². The Morgan fingerprint density at radius 3 is 2.02 bits per heavy atom. The van der Waals surface area contributed by atoms with Gasteiger partial charge in [0, 0.05) is 35.6 Å². The van der Waals surface area contributed by atoms with Crippen molar-refractivity contribution < 1.29 is 35.3 Å². The molecule has 4 heterocycles. The van der Waals surface area contributed by atoms with Crippen molar-refractivity contribution in [2.24, 2.45) is 0 Å². The molecule has 0 saturated carbocycles. The number of fused-ring (bicyclic) bond motifs is 4. The largest absolute Gasteiger partial charge is 2.00 e. The third-order valence-corrected chi connectivity index (χ3v) is 10.2. The molecule has 0 unspecified atom stereocenters. The minimum absolute atomic E-state index is 0. The van der Waals surface area contributed by atoms with Crippen LogP contribution in [0.15, 0.2) is 109 Å². The maximum atomic E-state index is 17.1. The molecule has 1 aliphatic rings. The first-order valence-electron chi connectivity index (χ1n) is 20.4. The van der Waals surface area contributed by atoms with Crippen LogP contribution in [0, 0.1) is 12.1 Å². The molecule has 284 valence electrons. The molecule has 8 heteroatoms. The maximum absolute atomic E-state index is 17.1. The maximum Gasteiger partial charge on any atom is 2.00 e. The summed E-state index contributed by atoms with van der Waals surface area (Å²) in [5.74, 6) is -3.03. The molecular formula is C48H45F2N5Pt+2. The van der Waals surface area contributed by atoms with Gasteiger partial charge in [0.2, 0.25) is 5.69 Å². The van der Waals surface area contributed by atoms with E-state index < -0.39 is 23.6 Å². The second-order valence-corrected chi connectivity index (χ2v) is 17.2. The molecule has 0 radical (unpaired) electrons. The second kappa shape index (κ2) is 13.8. The van der Waals surface area contributed by atoms with E-state index in [-0.39, 0.29) is 72.0 Å². The normalized spacial score (nSPS) is 14.4. The van der Waals surface area contributed by atoms with Crippen LogP contribution in [0.2, 0.25) is 0 Å². The molecule has 0 atom stereocenters. The van der Waals surface area contributed by atoms with Crippen LogP contribution in [-0.2, 0) is 43.2 Å². The van der Waals surface area contributed by atoms with E-state index in [0.717, 1.165) is 33.2 Å². The van der Waals surface area contributed by atoms with Crippen LogP contribution in [0.3, 0.4) is 0 Å². The molecule has 0 bridgehead atoms. The molecule has 7 aromatic rings. The quantitative estimate of drug-likeness (QED) is 0.127.